The summed E-state index contributed by atoms with van der Waals surface area (Å²) in [5, 5.41) is 0. The number of nitrogens with zero attached hydrogens (tertiary/aromatic N) is 4. The molecule has 1 amide bonds. The lowest BCUT2D eigenvalue weighted by atomic mass is 10.2. The van der Waals surface area contributed by atoms with Crippen molar-refractivity contribution in [3.8, 4) is 0 Å². The summed E-state index contributed by atoms with van der Waals surface area (Å²) in [5.74, 6) is 3.34. The van der Waals surface area contributed by atoms with E-state index in [9.17, 15) is 4.79 Å². The first-order valence-electron chi connectivity index (χ1n) is 7.57. The summed E-state index contributed by atoms with van der Waals surface area (Å²) in [5.41, 5.74) is 0. The van der Waals surface area contributed by atoms with Crippen molar-refractivity contribution in [3.05, 3.63) is 24.4 Å². The molecule has 1 aromatic heterocycles. The molecule has 3 rings (SSSR count). The molecule has 0 saturated carbocycles. The molecular weight excluding hydrogens is 284 g/mol. The van der Waals surface area contributed by atoms with Gasteiger partial charge in [0.15, 0.2) is 0 Å². The van der Waals surface area contributed by atoms with Crippen molar-refractivity contribution in [2.75, 3.05) is 55.8 Å². The Hall–Kier alpha value is -1.27. The molecule has 0 bridgehead atoms. The molecule has 2 saturated heterocycles. The number of hydrogen-bond donors (Lipinski definition) is 0. The molecule has 0 spiro atoms. The van der Waals surface area contributed by atoms with Gasteiger partial charge < -0.3 is 9.80 Å². The third-order valence-electron chi connectivity index (χ3n) is 4.09. The van der Waals surface area contributed by atoms with Gasteiger partial charge in [0.2, 0.25) is 5.91 Å². The van der Waals surface area contributed by atoms with Crippen LogP contribution in [0.25, 0.3) is 0 Å². The van der Waals surface area contributed by atoms with Crippen LogP contribution in [-0.2, 0) is 4.79 Å². The molecule has 2 aliphatic heterocycles. The molecule has 2 fully saturated rings. The second-order valence-corrected chi connectivity index (χ2v) is 6.54. The highest BCUT2D eigenvalue weighted by molar-refractivity contribution is 7.99. The van der Waals surface area contributed by atoms with Crippen LogP contribution in [-0.4, -0.2) is 71.6 Å². The second-order valence-electron chi connectivity index (χ2n) is 5.46. The third-order valence-corrected chi connectivity index (χ3v) is 5.06. The van der Waals surface area contributed by atoms with Crippen molar-refractivity contribution in [3.63, 3.8) is 0 Å². The predicted molar refractivity (Wildman–Crippen MR) is 86.5 cm³/mol. The quantitative estimate of drug-likeness (QED) is 0.834. The van der Waals surface area contributed by atoms with E-state index in [1.165, 1.54) is 0 Å². The molecule has 114 valence electrons. The van der Waals surface area contributed by atoms with Gasteiger partial charge in [-0.3, -0.25) is 9.69 Å². The van der Waals surface area contributed by atoms with Gasteiger partial charge in [-0.05, 0) is 12.1 Å². The number of aromatic nitrogens is 1. The highest BCUT2D eigenvalue weighted by Gasteiger charge is 2.21. The summed E-state index contributed by atoms with van der Waals surface area (Å²) < 4.78 is 0. The van der Waals surface area contributed by atoms with Crippen LogP contribution in [0.15, 0.2) is 24.4 Å². The molecular formula is C15H22N4OS. The number of hydrogen-bond acceptors (Lipinski definition) is 5. The lowest BCUT2D eigenvalue weighted by Gasteiger charge is -2.35. The maximum absolute atomic E-state index is 12.0. The molecule has 2 aliphatic rings. The second kappa shape index (κ2) is 7.13. The summed E-state index contributed by atoms with van der Waals surface area (Å²) in [6.07, 6.45) is 2.50. The molecule has 0 atom stereocenters. The SMILES string of the molecule is O=C(CCN1CCN(c2ccccn2)CC1)N1CCSC1. The Balaban J connectivity index is 1.40. The maximum atomic E-state index is 12.0. The summed E-state index contributed by atoms with van der Waals surface area (Å²) in [4.78, 5) is 23.1. The Bertz CT molecular complexity index is 456. The molecule has 0 aromatic carbocycles. The van der Waals surface area contributed by atoms with E-state index in [1.807, 2.05) is 35.0 Å². The Labute approximate surface area is 130 Å². The van der Waals surface area contributed by atoms with Crippen molar-refractivity contribution in [2.24, 2.45) is 0 Å². The number of pyridine rings is 1. The van der Waals surface area contributed by atoms with Gasteiger partial charge in [-0.15, -0.1) is 11.8 Å². The highest BCUT2D eigenvalue weighted by atomic mass is 32.2. The molecule has 0 aliphatic carbocycles. The Kier molecular flexibility index (Phi) is 4.98. The number of anilines is 1. The zero-order chi connectivity index (χ0) is 14.5. The van der Waals surface area contributed by atoms with Crippen LogP contribution in [0.4, 0.5) is 5.82 Å². The van der Waals surface area contributed by atoms with E-state index in [-0.39, 0.29) is 0 Å². The van der Waals surface area contributed by atoms with E-state index >= 15 is 0 Å². The smallest absolute Gasteiger partial charge is 0.224 e. The number of carbonyl (C=O) groups excluding carboxylic acids is 1. The topological polar surface area (TPSA) is 39.7 Å². The minimum absolute atomic E-state index is 0.312. The van der Waals surface area contributed by atoms with Crippen molar-refractivity contribution >= 4 is 23.5 Å². The van der Waals surface area contributed by atoms with Gasteiger partial charge in [0.05, 0.1) is 5.88 Å². The average Bonchev–Trinajstić information content (AvgIpc) is 3.08. The fourth-order valence-electron chi connectivity index (χ4n) is 2.76. The van der Waals surface area contributed by atoms with Crippen LogP contribution in [0.1, 0.15) is 6.42 Å². The van der Waals surface area contributed by atoms with Gasteiger partial charge in [0.1, 0.15) is 5.82 Å². The van der Waals surface area contributed by atoms with Gasteiger partial charge >= 0.3 is 0 Å². The van der Waals surface area contributed by atoms with E-state index in [4.69, 9.17) is 0 Å². The van der Waals surface area contributed by atoms with Crippen LogP contribution >= 0.6 is 11.8 Å². The predicted octanol–water partition coefficient (Wildman–Crippen LogP) is 1.13. The van der Waals surface area contributed by atoms with Gasteiger partial charge in [-0.2, -0.15) is 0 Å². The van der Waals surface area contributed by atoms with Gasteiger partial charge in [-0.1, -0.05) is 6.07 Å². The molecule has 1 aromatic rings. The van der Waals surface area contributed by atoms with Crippen LogP contribution < -0.4 is 4.90 Å². The average molecular weight is 306 g/mol. The Morgan fingerprint density at radius 3 is 2.71 bits per heavy atom. The fourth-order valence-corrected chi connectivity index (χ4v) is 3.74. The molecule has 0 radical (unpaired) electrons. The monoisotopic (exact) mass is 306 g/mol. The number of rotatable bonds is 4. The van der Waals surface area contributed by atoms with Crippen molar-refractivity contribution in [1.82, 2.24) is 14.8 Å². The standard InChI is InChI=1S/C15H22N4OS/c20-15(19-11-12-21-13-19)4-6-17-7-9-18(10-8-17)14-3-1-2-5-16-14/h1-3,5H,4,6-13H2. The summed E-state index contributed by atoms with van der Waals surface area (Å²) >= 11 is 1.85. The van der Waals surface area contributed by atoms with Gasteiger partial charge in [0, 0.05) is 57.6 Å². The lowest BCUT2D eigenvalue weighted by Crippen LogP contribution is -2.47. The largest absolute Gasteiger partial charge is 0.354 e. The number of amides is 1. The fraction of sp³-hybridized carbons (Fsp3) is 0.600. The first-order chi connectivity index (χ1) is 10.3. The normalized spacial score (nSPS) is 20.0. The molecule has 0 N–H and O–H groups in total. The number of piperazine rings is 1. The zero-order valence-corrected chi connectivity index (χ0v) is 13.1. The van der Waals surface area contributed by atoms with Gasteiger partial charge in [0.25, 0.3) is 0 Å². The minimum Gasteiger partial charge on any atom is -0.354 e. The van der Waals surface area contributed by atoms with Crippen molar-refractivity contribution < 1.29 is 4.79 Å². The molecule has 21 heavy (non-hydrogen) atoms. The molecule has 3 heterocycles. The van der Waals surface area contributed by atoms with E-state index in [0.29, 0.717) is 12.3 Å². The van der Waals surface area contributed by atoms with E-state index < -0.39 is 0 Å². The number of thioether (sulfide) groups is 1. The van der Waals surface area contributed by atoms with Crippen LogP contribution in [0.2, 0.25) is 0 Å². The first-order valence-corrected chi connectivity index (χ1v) is 8.72. The Morgan fingerprint density at radius 2 is 2.05 bits per heavy atom. The first kappa shape index (κ1) is 14.7. The molecule has 6 heteroatoms. The molecule has 5 nitrogen and oxygen atoms in total. The van der Waals surface area contributed by atoms with Crippen LogP contribution in [0.5, 0.6) is 0 Å². The summed E-state index contributed by atoms with van der Waals surface area (Å²) in [6, 6.07) is 6.04. The Morgan fingerprint density at radius 1 is 1.19 bits per heavy atom. The van der Waals surface area contributed by atoms with Crippen LogP contribution in [0.3, 0.4) is 0 Å². The van der Waals surface area contributed by atoms with E-state index in [2.05, 4.69) is 20.9 Å². The van der Waals surface area contributed by atoms with Crippen molar-refractivity contribution in [2.45, 2.75) is 6.42 Å². The summed E-state index contributed by atoms with van der Waals surface area (Å²) in [7, 11) is 0. The van der Waals surface area contributed by atoms with Crippen molar-refractivity contribution in [1.29, 1.82) is 0 Å². The lowest BCUT2D eigenvalue weighted by molar-refractivity contribution is -0.130. The maximum Gasteiger partial charge on any atom is 0.224 e. The molecule has 0 unspecified atom stereocenters. The minimum atomic E-state index is 0.312. The van der Waals surface area contributed by atoms with Gasteiger partial charge in [-0.25, -0.2) is 4.98 Å². The number of carbonyl (C=O) groups is 1. The van der Waals surface area contributed by atoms with Crippen LogP contribution in [0, 0.1) is 0 Å². The highest BCUT2D eigenvalue weighted by Crippen LogP contribution is 2.15. The van der Waals surface area contributed by atoms with E-state index in [0.717, 1.165) is 56.7 Å². The third kappa shape index (κ3) is 3.89. The summed E-state index contributed by atoms with van der Waals surface area (Å²) in [6.45, 7) is 5.82. The van der Waals surface area contributed by atoms with E-state index in [1.54, 1.807) is 0 Å². The zero-order valence-electron chi connectivity index (χ0n) is 12.3.